The number of nitrogens with zero attached hydrogens (tertiary/aromatic N) is 11. The highest BCUT2D eigenvalue weighted by molar-refractivity contribution is 6.11. The maximum Gasteiger partial charge on any atom is 0.164 e. The van der Waals surface area contributed by atoms with Gasteiger partial charge in [-0.3, -0.25) is 4.98 Å². The van der Waals surface area contributed by atoms with E-state index in [0.29, 0.717) is 52.4 Å². The molecule has 0 saturated carbocycles. The van der Waals surface area contributed by atoms with Crippen molar-refractivity contribution in [3.63, 3.8) is 0 Å². The molecule has 5 aromatic heterocycles. The molecule has 0 aliphatic heterocycles. The number of rotatable bonds is 7. The highest BCUT2D eigenvalue weighted by Gasteiger charge is 2.21. The normalized spacial score (nSPS) is 11.4. The third-order valence-corrected chi connectivity index (χ3v) is 10.2. The quantitative estimate of drug-likeness (QED) is 0.154. The summed E-state index contributed by atoms with van der Waals surface area (Å²) >= 11 is 0. The van der Waals surface area contributed by atoms with Crippen molar-refractivity contribution in [2.45, 2.75) is 27.7 Å². The second-order valence-corrected chi connectivity index (χ2v) is 14.3. The second kappa shape index (κ2) is 14.5. The molecular formula is C48H35N11. The van der Waals surface area contributed by atoms with E-state index in [-0.39, 0.29) is 0 Å². The summed E-state index contributed by atoms with van der Waals surface area (Å²) in [5.41, 5.74) is 9.32. The third-order valence-electron chi connectivity index (χ3n) is 10.2. The van der Waals surface area contributed by atoms with E-state index in [1.807, 2.05) is 100 Å². The molecular weight excluding hydrogens is 731 g/mol. The van der Waals surface area contributed by atoms with Gasteiger partial charge < -0.3 is 4.57 Å². The molecule has 0 atom stereocenters. The van der Waals surface area contributed by atoms with Gasteiger partial charge in [-0.1, -0.05) is 66.7 Å². The summed E-state index contributed by atoms with van der Waals surface area (Å²) in [5.74, 6) is 5.66. The van der Waals surface area contributed by atoms with Crippen LogP contribution in [0.15, 0.2) is 140 Å². The van der Waals surface area contributed by atoms with Gasteiger partial charge in [0.2, 0.25) is 0 Å². The van der Waals surface area contributed by atoms with Gasteiger partial charge in [-0.15, -0.1) is 0 Å². The van der Waals surface area contributed by atoms with Gasteiger partial charge in [-0.05, 0) is 99.5 Å². The van der Waals surface area contributed by atoms with Crippen LogP contribution < -0.4 is 0 Å². The maximum absolute atomic E-state index is 5.17. The van der Waals surface area contributed by atoms with Gasteiger partial charge in [0.1, 0.15) is 23.3 Å². The fraction of sp³-hybridized carbons (Fsp3) is 0.0833. The molecule has 0 spiro atoms. The molecule has 10 rings (SSSR count). The smallest absolute Gasteiger partial charge is 0.164 e. The zero-order valence-corrected chi connectivity index (χ0v) is 32.7. The lowest BCUT2D eigenvalue weighted by Crippen LogP contribution is -2.02. The number of hydrogen-bond acceptors (Lipinski definition) is 10. The molecule has 0 N–H and O–H groups in total. The van der Waals surface area contributed by atoms with Gasteiger partial charge in [0.25, 0.3) is 0 Å². The van der Waals surface area contributed by atoms with Crippen LogP contribution in [0, 0.1) is 27.7 Å². The van der Waals surface area contributed by atoms with Crippen molar-refractivity contribution in [2.75, 3.05) is 0 Å². The van der Waals surface area contributed by atoms with E-state index < -0.39 is 0 Å². The standard InChI is InChI=1S/C48H35N11/c1-28-50-29(2)53-46(52-28)35-15-19-42-39(25-35)40-26-36(47-54-30(3)51-31(4)55-47)16-20-43(40)59(42)37-17-18-38(32-21-23-49-24-22-32)41(27-37)48-57-44(33-11-7-5-8-12-33)56-45(58-48)34-13-9-6-10-14-34/h5-27H,1-4H3. The van der Waals surface area contributed by atoms with E-state index in [1.165, 1.54) is 0 Å². The molecule has 0 saturated heterocycles. The summed E-state index contributed by atoms with van der Waals surface area (Å²) in [4.78, 5) is 47.3. The Hall–Kier alpha value is -7.92. The molecule has 59 heavy (non-hydrogen) atoms. The van der Waals surface area contributed by atoms with Crippen LogP contribution in [0.4, 0.5) is 0 Å². The highest BCUT2D eigenvalue weighted by atomic mass is 15.1. The van der Waals surface area contributed by atoms with Crippen LogP contribution in [-0.4, -0.2) is 54.4 Å². The van der Waals surface area contributed by atoms with Gasteiger partial charge >= 0.3 is 0 Å². The van der Waals surface area contributed by atoms with Crippen molar-refractivity contribution in [3.05, 3.63) is 163 Å². The van der Waals surface area contributed by atoms with E-state index in [9.17, 15) is 0 Å². The Morgan fingerprint density at radius 2 is 0.797 bits per heavy atom. The Morgan fingerprint density at radius 3 is 1.29 bits per heavy atom. The zero-order valence-electron chi connectivity index (χ0n) is 32.7. The molecule has 5 aromatic carbocycles. The first-order valence-electron chi connectivity index (χ1n) is 19.2. The summed E-state index contributed by atoms with van der Waals surface area (Å²) in [6.07, 6.45) is 3.61. The van der Waals surface area contributed by atoms with E-state index in [0.717, 1.165) is 66.4 Å². The van der Waals surface area contributed by atoms with Crippen LogP contribution in [0.5, 0.6) is 0 Å². The summed E-state index contributed by atoms with van der Waals surface area (Å²) in [7, 11) is 0. The molecule has 5 heterocycles. The predicted octanol–water partition coefficient (Wildman–Crippen LogP) is 9.97. The molecule has 0 aliphatic rings. The van der Waals surface area contributed by atoms with Gasteiger partial charge in [0.15, 0.2) is 29.1 Å². The van der Waals surface area contributed by atoms with E-state index in [1.54, 1.807) is 12.4 Å². The average molecular weight is 766 g/mol. The monoisotopic (exact) mass is 765 g/mol. The number of fused-ring (bicyclic) bond motifs is 3. The maximum atomic E-state index is 5.17. The average Bonchev–Trinajstić information content (AvgIpc) is 3.59. The Morgan fingerprint density at radius 1 is 0.339 bits per heavy atom. The Kier molecular flexibility index (Phi) is 8.75. The van der Waals surface area contributed by atoms with Crippen molar-refractivity contribution in [3.8, 4) is 73.8 Å². The van der Waals surface area contributed by atoms with Crippen LogP contribution in [0.1, 0.15) is 23.3 Å². The first-order chi connectivity index (χ1) is 28.8. The minimum atomic E-state index is 0.554. The van der Waals surface area contributed by atoms with E-state index in [2.05, 4.69) is 74.1 Å². The van der Waals surface area contributed by atoms with Crippen molar-refractivity contribution in [2.24, 2.45) is 0 Å². The van der Waals surface area contributed by atoms with Crippen LogP contribution in [0.3, 0.4) is 0 Å². The van der Waals surface area contributed by atoms with E-state index in [4.69, 9.17) is 34.9 Å². The van der Waals surface area contributed by atoms with Crippen molar-refractivity contribution in [1.82, 2.24) is 54.4 Å². The number of benzene rings is 5. The molecule has 10 aromatic rings. The molecule has 11 nitrogen and oxygen atoms in total. The summed E-state index contributed by atoms with van der Waals surface area (Å²) in [6, 6.07) is 43.3. The van der Waals surface area contributed by atoms with Crippen LogP contribution >= 0.6 is 0 Å². The molecule has 0 unspecified atom stereocenters. The SMILES string of the molecule is Cc1nc(C)nc(-c2ccc3c(c2)c2cc(-c4nc(C)nc(C)n4)ccc2n3-c2ccc(-c3ccncc3)c(-c3nc(-c4ccccc4)nc(-c4ccccc4)n3)c2)n1. The molecule has 0 amide bonds. The highest BCUT2D eigenvalue weighted by Crippen LogP contribution is 2.39. The Labute approximate surface area is 339 Å². The van der Waals surface area contributed by atoms with Gasteiger partial charge in [-0.2, -0.15) is 0 Å². The first kappa shape index (κ1) is 35.5. The molecule has 11 heteroatoms. The fourth-order valence-electron chi connectivity index (χ4n) is 7.64. The minimum Gasteiger partial charge on any atom is -0.309 e. The lowest BCUT2D eigenvalue weighted by atomic mass is 9.99. The van der Waals surface area contributed by atoms with Gasteiger partial charge in [0.05, 0.1) is 11.0 Å². The molecule has 0 aliphatic carbocycles. The topological polar surface area (TPSA) is 134 Å². The lowest BCUT2D eigenvalue weighted by Gasteiger charge is -2.15. The summed E-state index contributed by atoms with van der Waals surface area (Å²) in [5, 5.41) is 2.05. The van der Waals surface area contributed by atoms with Crippen LogP contribution in [0.2, 0.25) is 0 Å². The summed E-state index contributed by atoms with van der Waals surface area (Å²) in [6.45, 7) is 7.55. The lowest BCUT2D eigenvalue weighted by molar-refractivity contribution is 0.928. The van der Waals surface area contributed by atoms with Crippen molar-refractivity contribution in [1.29, 1.82) is 0 Å². The second-order valence-electron chi connectivity index (χ2n) is 14.3. The van der Waals surface area contributed by atoms with Crippen molar-refractivity contribution < 1.29 is 0 Å². The number of aromatic nitrogens is 11. The summed E-state index contributed by atoms with van der Waals surface area (Å²) < 4.78 is 2.28. The molecule has 0 radical (unpaired) electrons. The van der Waals surface area contributed by atoms with Crippen molar-refractivity contribution >= 4 is 21.8 Å². The number of pyridine rings is 1. The minimum absolute atomic E-state index is 0.554. The fourth-order valence-corrected chi connectivity index (χ4v) is 7.64. The number of aryl methyl sites for hydroxylation is 4. The van der Waals surface area contributed by atoms with Crippen LogP contribution in [-0.2, 0) is 0 Å². The van der Waals surface area contributed by atoms with Gasteiger partial charge in [0, 0.05) is 56.7 Å². The number of hydrogen-bond donors (Lipinski definition) is 0. The van der Waals surface area contributed by atoms with E-state index >= 15 is 0 Å². The first-order valence-corrected chi connectivity index (χ1v) is 19.2. The predicted molar refractivity (Wildman–Crippen MR) is 230 cm³/mol. The third kappa shape index (κ3) is 6.74. The van der Waals surface area contributed by atoms with Crippen LogP contribution in [0.25, 0.3) is 95.6 Å². The van der Waals surface area contributed by atoms with Gasteiger partial charge in [-0.25, -0.2) is 44.9 Å². The molecule has 0 bridgehead atoms. The largest absolute Gasteiger partial charge is 0.309 e. The molecule has 0 fully saturated rings. The Balaban J connectivity index is 1.24. The Bertz CT molecular complexity index is 2990. The zero-order chi connectivity index (χ0) is 40.0. The molecule has 282 valence electrons.